The highest BCUT2D eigenvalue weighted by molar-refractivity contribution is 14.0. The van der Waals surface area contributed by atoms with Gasteiger partial charge >= 0.3 is 0 Å². The quantitative estimate of drug-likeness (QED) is 0.437. The number of guanidine groups is 1. The molecule has 0 amide bonds. The molecule has 1 aromatic carbocycles. The monoisotopic (exact) mass is 431 g/mol. The van der Waals surface area contributed by atoms with Crippen LogP contribution < -0.4 is 5.32 Å². The molecule has 23 heavy (non-hydrogen) atoms. The first-order chi connectivity index (χ1) is 10.6. The maximum absolute atomic E-state index is 10.3. The molecule has 1 aliphatic rings. The number of hydrogen-bond acceptors (Lipinski definition) is 2. The lowest BCUT2D eigenvalue weighted by atomic mass is 10.0. The van der Waals surface area contributed by atoms with Crippen molar-refractivity contribution >= 4 is 29.9 Å². The van der Waals surface area contributed by atoms with E-state index in [1.54, 1.807) is 0 Å². The van der Waals surface area contributed by atoms with Crippen LogP contribution in [0, 0.1) is 12.8 Å². The summed E-state index contributed by atoms with van der Waals surface area (Å²) in [5.41, 5.74) is 2.13. The average Bonchev–Trinajstić information content (AvgIpc) is 2.52. The van der Waals surface area contributed by atoms with E-state index >= 15 is 0 Å². The van der Waals surface area contributed by atoms with Gasteiger partial charge < -0.3 is 15.3 Å². The second-order valence-corrected chi connectivity index (χ2v) is 6.31. The fourth-order valence-corrected chi connectivity index (χ4v) is 2.87. The second-order valence-electron chi connectivity index (χ2n) is 6.31. The minimum absolute atomic E-state index is 0. The van der Waals surface area contributed by atoms with Crippen LogP contribution >= 0.6 is 24.0 Å². The summed E-state index contributed by atoms with van der Waals surface area (Å²) in [7, 11) is 0. The number of nitrogens with zero attached hydrogens (tertiary/aromatic N) is 2. The lowest BCUT2D eigenvalue weighted by Crippen LogP contribution is -2.46. The highest BCUT2D eigenvalue weighted by Gasteiger charge is 2.19. The van der Waals surface area contributed by atoms with E-state index in [-0.39, 0.29) is 24.0 Å². The summed E-state index contributed by atoms with van der Waals surface area (Å²) < 4.78 is 0. The maximum Gasteiger partial charge on any atom is 0.194 e. The van der Waals surface area contributed by atoms with E-state index in [1.165, 1.54) is 18.4 Å². The van der Waals surface area contributed by atoms with Crippen molar-refractivity contribution < 1.29 is 5.11 Å². The van der Waals surface area contributed by atoms with Crippen molar-refractivity contribution in [1.29, 1.82) is 0 Å². The molecule has 0 saturated carbocycles. The van der Waals surface area contributed by atoms with E-state index in [2.05, 4.69) is 36.0 Å². The van der Waals surface area contributed by atoms with Gasteiger partial charge in [0.05, 0.1) is 12.6 Å². The first-order valence-electron chi connectivity index (χ1n) is 8.38. The normalized spacial score (nSPS) is 19.9. The third-order valence-corrected chi connectivity index (χ3v) is 4.17. The van der Waals surface area contributed by atoms with Crippen molar-refractivity contribution in [2.45, 2.75) is 39.7 Å². The minimum atomic E-state index is -0.545. The topological polar surface area (TPSA) is 47.9 Å². The number of aryl methyl sites for hydroxylation is 1. The van der Waals surface area contributed by atoms with Crippen LogP contribution in [0.4, 0.5) is 0 Å². The first kappa shape index (κ1) is 20.2. The van der Waals surface area contributed by atoms with Crippen molar-refractivity contribution in [3.8, 4) is 0 Å². The van der Waals surface area contributed by atoms with Crippen LogP contribution in [-0.4, -0.2) is 42.1 Å². The zero-order valence-electron chi connectivity index (χ0n) is 14.5. The molecule has 0 spiro atoms. The third-order valence-electron chi connectivity index (χ3n) is 4.17. The Bertz CT molecular complexity index is 490. The number of aliphatic imine (C=N–C) groups is 1. The molecule has 4 nitrogen and oxygen atoms in total. The van der Waals surface area contributed by atoms with Crippen LogP contribution in [-0.2, 0) is 0 Å². The first-order valence-corrected chi connectivity index (χ1v) is 8.38. The second kappa shape index (κ2) is 10.1. The highest BCUT2D eigenvalue weighted by Crippen LogP contribution is 2.17. The summed E-state index contributed by atoms with van der Waals surface area (Å²) in [6.45, 7) is 9.77. The molecular weight excluding hydrogens is 401 g/mol. The molecule has 2 unspecified atom stereocenters. The van der Waals surface area contributed by atoms with Gasteiger partial charge in [-0.25, -0.2) is 0 Å². The number of aliphatic hydroxyl groups is 1. The smallest absolute Gasteiger partial charge is 0.194 e. The Morgan fingerprint density at radius 3 is 2.70 bits per heavy atom. The number of aliphatic hydroxyl groups excluding tert-OH is 1. The molecular formula is C18H30IN3O. The summed E-state index contributed by atoms with van der Waals surface area (Å²) in [6, 6.07) is 8.01. The summed E-state index contributed by atoms with van der Waals surface area (Å²) in [4.78, 5) is 6.97. The van der Waals surface area contributed by atoms with E-state index in [4.69, 9.17) is 0 Å². The fraction of sp³-hybridized carbons (Fsp3) is 0.611. The summed E-state index contributed by atoms with van der Waals surface area (Å²) in [5.74, 6) is 1.64. The van der Waals surface area contributed by atoms with Gasteiger partial charge in [-0.2, -0.15) is 0 Å². The van der Waals surface area contributed by atoms with Gasteiger partial charge in [-0.3, -0.25) is 4.99 Å². The van der Waals surface area contributed by atoms with Crippen LogP contribution in [0.25, 0.3) is 0 Å². The van der Waals surface area contributed by atoms with Crippen molar-refractivity contribution in [3.63, 3.8) is 0 Å². The van der Waals surface area contributed by atoms with Gasteiger partial charge in [-0.1, -0.05) is 36.8 Å². The molecule has 0 aromatic heterocycles. The predicted molar refractivity (Wildman–Crippen MR) is 108 cm³/mol. The number of halogens is 1. The molecule has 2 rings (SSSR count). The van der Waals surface area contributed by atoms with Crippen LogP contribution in [0.15, 0.2) is 29.3 Å². The molecule has 2 atom stereocenters. The van der Waals surface area contributed by atoms with E-state index in [0.717, 1.165) is 31.2 Å². The Balaban J connectivity index is 0.00000264. The van der Waals surface area contributed by atoms with Gasteiger partial charge in [0, 0.05) is 19.6 Å². The SMILES string of the molecule is CCNC(=NCC(O)c1ccc(C)cc1)N1CCCC(C)C1.I. The van der Waals surface area contributed by atoms with Gasteiger partial charge in [0.15, 0.2) is 5.96 Å². The van der Waals surface area contributed by atoms with Gasteiger partial charge in [-0.05, 0) is 38.2 Å². The number of piperidine rings is 1. The molecule has 5 heteroatoms. The number of nitrogens with one attached hydrogen (secondary N) is 1. The van der Waals surface area contributed by atoms with Crippen LogP contribution in [0.3, 0.4) is 0 Å². The van der Waals surface area contributed by atoms with Crippen molar-refractivity contribution in [3.05, 3.63) is 35.4 Å². The Morgan fingerprint density at radius 1 is 1.39 bits per heavy atom. The third kappa shape index (κ3) is 6.30. The fourth-order valence-electron chi connectivity index (χ4n) is 2.87. The molecule has 0 radical (unpaired) electrons. The summed E-state index contributed by atoms with van der Waals surface area (Å²) >= 11 is 0. The standard InChI is InChI=1S/C18H29N3O.HI/c1-4-19-18(21-11-5-6-15(3)13-21)20-12-17(22)16-9-7-14(2)8-10-16;/h7-10,15,17,22H,4-6,11-13H2,1-3H3,(H,19,20);1H. The summed E-state index contributed by atoms with van der Waals surface area (Å²) in [6.07, 6.45) is 1.96. The van der Waals surface area contributed by atoms with Gasteiger partial charge in [0.25, 0.3) is 0 Å². The zero-order chi connectivity index (χ0) is 15.9. The van der Waals surface area contributed by atoms with Gasteiger partial charge in [-0.15, -0.1) is 24.0 Å². The van der Waals surface area contributed by atoms with Crippen molar-refractivity contribution in [1.82, 2.24) is 10.2 Å². The van der Waals surface area contributed by atoms with Gasteiger partial charge in [0.2, 0.25) is 0 Å². The van der Waals surface area contributed by atoms with Crippen molar-refractivity contribution in [2.75, 3.05) is 26.2 Å². The van der Waals surface area contributed by atoms with Crippen molar-refractivity contribution in [2.24, 2.45) is 10.9 Å². The van der Waals surface area contributed by atoms with Crippen LogP contribution in [0.5, 0.6) is 0 Å². The molecule has 0 bridgehead atoms. The lowest BCUT2D eigenvalue weighted by Gasteiger charge is -2.33. The van der Waals surface area contributed by atoms with Crippen LogP contribution in [0.2, 0.25) is 0 Å². The molecule has 1 aliphatic heterocycles. The lowest BCUT2D eigenvalue weighted by molar-refractivity contribution is 0.186. The maximum atomic E-state index is 10.3. The molecule has 1 saturated heterocycles. The molecule has 1 aromatic rings. The number of benzene rings is 1. The molecule has 2 N–H and O–H groups in total. The van der Waals surface area contributed by atoms with Gasteiger partial charge in [0.1, 0.15) is 0 Å². The zero-order valence-corrected chi connectivity index (χ0v) is 16.8. The number of rotatable bonds is 4. The molecule has 0 aliphatic carbocycles. The average molecular weight is 431 g/mol. The van der Waals surface area contributed by atoms with E-state index < -0.39 is 6.10 Å². The number of likely N-dealkylation sites (tertiary alicyclic amines) is 1. The van der Waals surface area contributed by atoms with Crippen LogP contribution in [0.1, 0.15) is 43.9 Å². The molecule has 130 valence electrons. The van der Waals surface area contributed by atoms with E-state index in [0.29, 0.717) is 12.5 Å². The Hall–Kier alpha value is -0.820. The largest absolute Gasteiger partial charge is 0.386 e. The summed E-state index contributed by atoms with van der Waals surface area (Å²) in [5, 5.41) is 13.7. The Labute approximate surface area is 157 Å². The van der Waals surface area contributed by atoms with E-state index in [9.17, 15) is 5.11 Å². The Kier molecular flexibility index (Phi) is 8.91. The minimum Gasteiger partial charge on any atom is -0.386 e. The predicted octanol–water partition coefficient (Wildman–Crippen LogP) is 3.34. The molecule has 1 heterocycles. The molecule has 1 fully saturated rings. The Morgan fingerprint density at radius 2 is 2.09 bits per heavy atom. The van der Waals surface area contributed by atoms with E-state index in [1.807, 2.05) is 24.3 Å². The number of hydrogen-bond donors (Lipinski definition) is 2. The highest BCUT2D eigenvalue weighted by atomic mass is 127.